The summed E-state index contributed by atoms with van der Waals surface area (Å²) in [7, 11) is -1.13. The monoisotopic (exact) mass is 358 g/mol. The van der Waals surface area contributed by atoms with Crippen molar-refractivity contribution in [1.29, 1.82) is 0 Å². The van der Waals surface area contributed by atoms with Gasteiger partial charge in [0.2, 0.25) is 10.0 Å². The van der Waals surface area contributed by atoms with Crippen LogP contribution < -0.4 is 4.72 Å². The molecule has 2 aliphatic heterocycles. The molecule has 7 heteroatoms. The topological polar surface area (TPSA) is 58.6 Å². The fraction of sp³-hybridized carbons (Fsp3) is 0.750. The SMILES string of the molecule is CN1CCCC(CNS(=O)(=O)CC2CCCO2)C1c1cccs1. The summed E-state index contributed by atoms with van der Waals surface area (Å²) in [6.07, 6.45) is 3.87. The predicted octanol–water partition coefficient (Wildman–Crippen LogP) is 2.23. The van der Waals surface area contributed by atoms with E-state index in [4.69, 9.17) is 4.74 Å². The fourth-order valence-electron chi connectivity index (χ4n) is 3.70. The van der Waals surface area contributed by atoms with Gasteiger partial charge in [0.25, 0.3) is 0 Å². The number of ether oxygens (including phenoxy) is 1. The van der Waals surface area contributed by atoms with E-state index in [-0.39, 0.29) is 11.9 Å². The van der Waals surface area contributed by atoms with Gasteiger partial charge < -0.3 is 4.74 Å². The van der Waals surface area contributed by atoms with Crippen LogP contribution in [0.15, 0.2) is 17.5 Å². The summed E-state index contributed by atoms with van der Waals surface area (Å²) in [6.45, 7) is 2.28. The Hall–Kier alpha value is -0.470. The average molecular weight is 359 g/mol. The van der Waals surface area contributed by atoms with E-state index in [1.54, 1.807) is 11.3 Å². The minimum Gasteiger partial charge on any atom is -0.377 e. The molecule has 2 fully saturated rings. The lowest BCUT2D eigenvalue weighted by Crippen LogP contribution is -2.42. The number of hydrogen-bond donors (Lipinski definition) is 1. The molecular formula is C16H26N2O3S2. The van der Waals surface area contributed by atoms with Gasteiger partial charge in [-0.2, -0.15) is 0 Å². The third-order valence-electron chi connectivity index (χ3n) is 4.84. The molecule has 0 saturated carbocycles. The van der Waals surface area contributed by atoms with Crippen LogP contribution in [0, 0.1) is 5.92 Å². The van der Waals surface area contributed by atoms with E-state index in [1.165, 1.54) is 4.88 Å². The van der Waals surface area contributed by atoms with E-state index >= 15 is 0 Å². The van der Waals surface area contributed by atoms with Crippen LogP contribution in [0.4, 0.5) is 0 Å². The highest BCUT2D eigenvalue weighted by Gasteiger charge is 2.32. The summed E-state index contributed by atoms with van der Waals surface area (Å²) < 4.78 is 32.9. The van der Waals surface area contributed by atoms with Crippen molar-refractivity contribution in [3.8, 4) is 0 Å². The molecular weight excluding hydrogens is 332 g/mol. The molecule has 1 aromatic heterocycles. The Bertz CT molecular complexity index is 582. The lowest BCUT2D eigenvalue weighted by atomic mass is 9.88. The van der Waals surface area contributed by atoms with Gasteiger partial charge in [-0.15, -0.1) is 11.3 Å². The number of piperidine rings is 1. The summed E-state index contributed by atoms with van der Waals surface area (Å²) in [5.41, 5.74) is 0. The summed E-state index contributed by atoms with van der Waals surface area (Å²) in [4.78, 5) is 3.68. The number of nitrogens with zero attached hydrogens (tertiary/aromatic N) is 1. The molecule has 3 atom stereocenters. The van der Waals surface area contributed by atoms with Gasteiger partial charge in [-0.1, -0.05) is 6.07 Å². The minimum absolute atomic E-state index is 0.0965. The molecule has 0 spiro atoms. The van der Waals surface area contributed by atoms with Crippen LogP contribution in [-0.4, -0.2) is 51.9 Å². The number of rotatable bonds is 6. The molecule has 0 bridgehead atoms. The molecule has 5 nitrogen and oxygen atoms in total. The number of hydrogen-bond acceptors (Lipinski definition) is 5. The van der Waals surface area contributed by atoms with Crippen LogP contribution >= 0.6 is 11.3 Å². The minimum atomic E-state index is -3.26. The molecule has 2 saturated heterocycles. The maximum absolute atomic E-state index is 12.3. The highest BCUT2D eigenvalue weighted by Crippen LogP contribution is 2.36. The van der Waals surface area contributed by atoms with Gasteiger partial charge in [-0.25, -0.2) is 13.1 Å². The molecule has 0 aliphatic carbocycles. The molecule has 2 aliphatic rings. The van der Waals surface area contributed by atoms with Gasteiger partial charge >= 0.3 is 0 Å². The van der Waals surface area contributed by atoms with Crippen molar-refractivity contribution in [1.82, 2.24) is 9.62 Å². The zero-order chi connectivity index (χ0) is 16.3. The first-order valence-electron chi connectivity index (χ1n) is 8.38. The van der Waals surface area contributed by atoms with E-state index in [1.807, 2.05) is 0 Å². The third-order valence-corrected chi connectivity index (χ3v) is 7.20. The first-order chi connectivity index (χ1) is 11.1. The molecule has 0 radical (unpaired) electrons. The maximum Gasteiger partial charge on any atom is 0.214 e. The van der Waals surface area contributed by atoms with Gasteiger partial charge in [0.15, 0.2) is 0 Å². The lowest BCUT2D eigenvalue weighted by molar-refractivity contribution is 0.123. The molecule has 130 valence electrons. The van der Waals surface area contributed by atoms with Crippen LogP contribution in [-0.2, 0) is 14.8 Å². The van der Waals surface area contributed by atoms with Crippen molar-refractivity contribution in [3.05, 3.63) is 22.4 Å². The molecule has 1 N–H and O–H groups in total. The molecule has 0 aromatic carbocycles. The Morgan fingerprint density at radius 3 is 2.96 bits per heavy atom. The maximum atomic E-state index is 12.3. The zero-order valence-electron chi connectivity index (χ0n) is 13.6. The standard InChI is InChI=1S/C16H26N2O3S2/c1-18-8-2-5-13(16(18)15-7-4-10-22-15)11-17-23(19,20)12-14-6-3-9-21-14/h4,7,10,13-14,16-17H,2-3,5-6,8-9,11-12H2,1H3. The summed E-state index contributed by atoms with van der Waals surface area (Å²) >= 11 is 1.76. The van der Waals surface area contributed by atoms with E-state index in [0.717, 1.165) is 32.2 Å². The van der Waals surface area contributed by atoms with Crippen molar-refractivity contribution >= 4 is 21.4 Å². The zero-order valence-corrected chi connectivity index (χ0v) is 15.2. The Balaban J connectivity index is 1.61. The van der Waals surface area contributed by atoms with Crippen molar-refractivity contribution < 1.29 is 13.2 Å². The highest BCUT2D eigenvalue weighted by atomic mass is 32.2. The summed E-state index contributed by atoms with van der Waals surface area (Å²) in [6, 6.07) is 4.54. The fourth-order valence-corrected chi connectivity index (χ4v) is 6.02. The van der Waals surface area contributed by atoms with E-state index in [9.17, 15) is 8.42 Å². The lowest BCUT2D eigenvalue weighted by Gasteiger charge is -2.38. The first kappa shape index (κ1) is 17.4. The quantitative estimate of drug-likeness (QED) is 0.847. The highest BCUT2D eigenvalue weighted by molar-refractivity contribution is 7.89. The number of sulfonamides is 1. The van der Waals surface area contributed by atoms with Gasteiger partial charge in [0, 0.05) is 24.1 Å². The van der Waals surface area contributed by atoms with Crippen LogP contribution in [0.25, 0.3) is 0 Å². The summed E-state index contributed by atoms with van der Waals surface area (Å²) in [5.74, 6) is 0.422. The molecule has 0 amide bonds. The van der Waals surface area contributed by atoms with Gasteiger partial charge in [-0.05, 0) is 56.6 Å². The molecule has 1 aromatic rings. The third kappa shape index (κ3) is 4.54. The second-order valence-corrected chi connectivity index (χ2v) is 9.44. The van der Waals surface area contributed by atoms with Crippen LogP contribution in [0.1, 0.15) is 36.6 Å². The molecule has 3 unspecified atom stereocenters. The summed E-state index contributed by atoms with van der Waals surface area (Å²) in [5, 5.41) is 2.09. The number of likely N-dealkylation sites (tertiary alicyclic amines) is 1. The van der Waals surface area contributed by atoms with Crippen molar-refractivity contribution in [2.24, 2.45) is 5.92 Å². The molecule has 23 heavy (non-hydrogen) atoms. The van der Waals surface area contributed by atoms with Crippen molar-refractivity contribution in [3.63, 3.8) is 0 Å². The largest absolute Gasteiger partial charge is 0.377 e. The van der Waals surface area contributed by atoms with E-state index < -0.39 is 10.0 Å². The van der Waals surface area contributed by atoms with Gasteiger partial charge in [0.1, 0.15) is 0 Å². The van der Waals surface area contributed by atoms with Crippen LogP contribution in [0.3, 0.4) is 0 Å². The van der Waals surface area contributed by atoms with Gasteiger partial charge in [0.05, 0.1) is 11.9 Å². The van der Waals surface area contributed by atoms with Crippen LogP contribution in [0.5, 0.6) is 0 Å². The number of nitrogens with one attached hydrogen (secondary N) is 1. The Kier molecular flexibility index (Phi) is 5.74. The average Bonchev–Trinajstić information content (AvgIpc) is 3.18. The molecule has 3 rings (SSSR count). The second-order valence-electron chi connectivity index (χ2n) is 6.61. The number of thiophene rings is 1. The second kappa shape index (κ2) is 7.61. The first-order valence-corrected chi connectivity index (χ1v) is 10.9. The Morgan fingerprint density at radius 2 is 2.26 bits per heavy atom. The molecule has 3 heterocycles. The van der Waals surface area contributed by atoms with Crippen molar-refractivity contribution in [2.75, 3.05) is 32.5 Å². The van der Waals surface area contributed by atoms with Crippen LogP contribution in [0.2, 0.25) is 0 Å². The normalized spacial score (nSPS) is 29.9. The van der Waals surface area contributed by atoms with E-state index in [2.05, 4.69) is 34.2 Å². The van der Waals surface area contributed by atoms with Crippen molar-refractivity contribution in [2.45, 2.75) is 37.8 Å². The van der Waals surface area contributed by atoms with Gasteiger partial charge in [-0.3, -0.25) is 4.90 Å². The smallest absolute Gasteiger partial charge is 0.214 e. The Labute approximate surface area is 143 Å². The van der Waals surface area contributed by atoms with E-state index in [0.29, 0.717) is 25.1 Å². The predicted molar refractivity (Wildman–Crippen MR) is 93.2 cm³/mol. The Morgan fingerprint density at radius 1 is 1.39 bits per heavy atom.